The van der Waals surface area contributed by atoms with E-state index in [4.69, 9.17) is 4.99 Å². The number of aromatic hydroxyl groups is 1. The number of aliphatic imine (C=N–C) groups is 1. The van der Waals surface area contributed by atoms with Crippen molar-refractivity contribution in [1.82, 2.24) is 9.88 Å². The summed E-state index contributed by atoms with van der Waals surface area (Å²) in [6.07, 6.45) is 1.52. The van der Waals surface area contributed by atoms with Gasteiger partial charge in [-0.25, -0.2) is 4.99 Å². The number of nitrogens with zero attached hydrogens (tertiary/aromatic N) is 3. The summed E-state index contributed by atoms with van der Waals surface area (Å²) >= 11 is 0. The van der Waals surface area contributed by atoms with Crippen molar-refractivity contribution in [1.29, 1.82) is 0 Å². The third-order valence-corrected chi connectivity index (χ3v) is 6.47. The highest BCUT2D eigenvalue weighted by Gasteiger charge is 2.30. The third kappa shape index (κ3) is 4.56. The molecule has 0 aliphatic carbocycles. The largest absolute Gasteiger partial charge is 0.494 e. The molecule has 3 N–H and O–H groups in total. The van der Waals surface area contributed by atoms with Crippen LogP contribution in [-0.2, 0) is 11.3 Å². The Kier molecular flexibility index (Phi) is 6.22. The van der Waals surface area contributed by atoms with Crippen molar-refractivity contribution in [2.24, 2.45) is 4.99 Å². The lowest BCUT2D eigenvalue weighted by Crippen LogP contribution is -2.35. The van der Waals surface area contributed by atoms with Crippen LogP contribution in [0.2, 0.25) is 0 Å². The number of hydrogen-bond donors (Lipinski definition) is 3. The number of aromatic nitrogens is 1. The Morgan fingerprint density at radius 3 is 2.56 bits per heavy atom. The van der Waals surface area contributed by atoms with Crippen LogP contribution in [0.25, 0.3) is 10.9 Å². The van der Waals surface area contributed by atoms with Gasteiger partial charge in [0.1, 0.15) is 6.04 Å². The number of carboxylic acids is 1. The first kappa shape index (κ1) is 23.3. The number of H-pyrrole nitrogens is 1. The van der Waals surface area contributed by atoms with Crippen molar-refractivity contribution in [3.63, 3.8) is 0 Å². The molecule has 1 fully saturated rings. The Hall–Kier alpha value is -4.50. The molecule has 1 aliphatic heterocycles. The number of aliphatic carboxylic acids is 1. The number of nitro groups is 1. The van der Waals surface area contributed by atoms with Gasteiger partial charge in [0.05, 0.1) is 21.9 Å². The van der Waals surface area contributed by atoms with Gasteiger partial charge in [0.15, 0.2) is 5.88 Å². The van der Waals surface area contributed by atoms with E-state index in [-0.39, 0.29) is 11.6 Å². The number of nitrogens with one attached hydrogen (secondary N) is 1. The van der Waals surface area contributed by atoms with Gasteiger partial charge in [0.25, 0.3) is 5.69 Å². The van der Waals surface area contributed by atoms with Crippen LogP contribution < -0.4 is 0 Å². The molecule has 1 saturated heterocycles. The first-order valence-electron chi connectivity index (χ1n) is 11.6. The number of nitro benzene ring substituents is 1. The Morgan fingerprint density at radius 1 is 1.11 bits per heavy atom. The van der Waals surface area contributed by atoms with Crippen LogP contribution in [0.3, 0.4) is 0 Å². The first-order chi connectivity index (χ1) is 17.4. The summed E-state index contributed by atoms with van der Waals surface area (Å²) in [6, 6.07) is 20.8. The van der Waals surface area contributed by atoms with Gasteiger partial charge in [-0.05, 0) is 43.1 Å². The highest BCUT2D eigenvalue weighted by molar-refractivity contribution is 6.22. The second-order valence-electron chi connectivity index (χ2n) is 8.80. The summed E-state index contributed by atoms with van der Waals surface area (Å²) < 4.78 is 0. The molecule has 1 aliphatic rings. The number of likely N-dealkylation sites (tertiary alicyclic amines) is 1. The Balaban J connectivity index is 1.54. The van der Waals surface area contributed by atoms with E-state index in [1.165, 1.54) is 12.1 Å². The number of rotatable bonds is 7. The van der Waals surface area contributed by atoms with Crippen LogP contribution in [0.1, 0.15) is 29.5 Å². The van der Waals surface area contributed by atoms with E-state index >= 15 is 0 Å². The molecule has 1 unspecified atom stereocenters. The molecule has 1 aromatic heterocycles. The molecule has 9 nitrogen and oxygen atoms in total. The molecule has 0 saturated carbocycles. The van der Waals surface area contributed by atoms with E-state index in [9.17, 15) is 25.1 Å². The minimum atomic E-state index is -0.792. The molecule has 0 radical (unpaired) electrons. The lowest BCUT2D eigenvalue weighted by atomic mass is 10.0. The molecule has 4 aromatic rings. The quantitative estimate of drug-likeness (QED) is 0.192. The lowest BCUT2D eigenvalue weighted by Gasteiger charge is -2.21. The number of benzene rings is 3. The number of non-ortho nitro benzene ring substituents is 1. The van der Waals surface area contributed by atoms with Gasteiger partial charge in [0, 0.05) is 35.1 Å². The number of carbonyl (C=O) groups is 1. The summed E-state index contributed by atoms with van der Waals surface area (Å²) in [5, 5.41) is 32.1. The maximum absolute atomic E-state index is 11.5. The van der Waals surface area contributed by atoms with Crippen molar-refractivity contribution in [3.05, 3.63) is 99.6 Å². The van der Waals surface area contributed by atoms with Crippen LogP contribution in [-0.4, -0.2) is 49.3 Å². The number of fused-ring (bicyclic) bond motifs is 1. The zero-order valence-electron chi connectivity index (χ0n) is 19.3. The fourth-order valence-corrected chi connectivity index (χ4v) is 4.71. The van der Waals surface area contributed by atoms with Crippen LogP contribution >= 0.6 is 0 Å². The molecule has 2 heterocycles. The van der Waals surface area contributed by atoms with Gasteiger partial charge < -0.3 is 15.2 Å². The molecular formula is C27H24N4O5. The Labute approximate surface area is 206 Å². The zero-order valence-corrected chi connectivity index (χ0v) is 19.3. The highest BCUT2D eigenvalue weighted by atomic mass is 16.6. The summed E-state index contributed by atoms with van der Waals surface area (Å²) in [5.41, 5.74) is 3.68. The van der Waals surface area contributed by atoms with Crippen LogP contribution in [0.5, 0.6) is 5.88 Å². The van der Waals surface area contributed by atoms with Crippen molar-refractivity contribution in [3.8, 4) is 5.88 Å². The van der Waals surface area contributed by atoms with E-state index in [0.717, 1.165) is 24.1 Å². The third-order valence-electron chi connectivity index (χ3n) is 6.47. The molecule has 0 amide bonds. The zero-order chi connectivity index (χ0) is 25.2. The molecule has 5 rings (SSSR count). The lowest BCUT2D eigenvalue weighted by molar-refractivity contribution is -0.384. The monoisotopic (exact) mass is 484 g/mol. The second kappa shape index (κ2) is 9.63. The van der Waals surface area contributed by atoms with Gasteiger partial charge >= 0.3 is 5.97 Å². The van der Waals surface area contributed by atoms with Crippen molar-refractivity contribution < 1.29 is 19.9 Å². The maximum Gasteiger partial charge on any atom is 0.320 e. The van der Waals surface area contributed by atoms with Crippen molar-refractivity contribution in [2.45, 2.75) is 25.4 Å². The number of hydrogen-bond acceptors (Lipinski definition) is 6. The van der Waals surface area contributed by atoms with E-state index in [0.29, 0.717) is 40.8 Å². The van der Waals surface area contributed by atoms with E-state index < -0.39 is 16.9 Å². The minimum Gasteiger partial charge on any atom is -0.494 e. The fraction of sp³-hybridized carbons (Fsp3) is 0.185. The average Bonchev–Trinajstić information content (AvgIpc) is 3.47. The van der Waals surface area contributed by atoms with Crippen LogP contribution in [0.15, 0.2) is 77.8 Å². The predicted molar refractivity (Wildman–Crippen MR) is 136 cm³/mol. The van der Waals surface area contributed by atoms with Crippen molar-refractivity contribution in [2.75, 3.05) is 6.54 Å². The maximum atomic E-state index is 11.5. The average molecular weight is 485 g/mol. The van der Waals surface area contributed by atoms with E-state index in [1.54, 1.807) is 6.07 Å². The van der Waals surface area contributed by atoms with Crippen LogP contribution in [0, 0.1) is 10.1 Å². The smallest absolute Gasteiger partial charge is 0.320 e. The highest BCUT2D eigenvalue weighted by Crippen LogP contribution is 2.33. The standard InChI is InChI=1S/C27H24N4O5/c32-26-24(21-15-20(31(35)36)12-13-22(21)29-26)25(18-5-2-1-3-6-18)28-19-10-8-17(9-11-19)16-30-14-4-7-23(30)27(33)34/h1-3,5-6,8-13,15,23,29,32H,4,7,14,16H2,(H,33,34). The predicted octanol–water partition coefficient (Wildman–Crippen LogP) is 5.00. The second-order valence-corrected chi connectivity index (χ2v) is 8.80. The fourth-order valence-electron chi connectivity index (χ4n) is 4.71. The van der Waals surface area contributed by atoms with Gasteiger partial charge in [-0.1, -0.05) is 42.5 Å². The molecule has 182 valence electrons. The van der Waals surface area contributed by atoms with Crippen molar-refractivity contribution >= 4 is 34.0 Å². The Bertz CT molecular complexity index is 1460. The van der Waals surface area contributed by atoms with Gasteiger partial charge in [0.2, 0.25) is 0 Å². The number of aromatic amines is 1. The molecule has 1 atom stereocenters. The summed E-state index contributed by atoms with van der Waals surface area (Å²) in [6.45, 7) is 1.29. The molecule has 3 aromatic carbocycles. The topological polar surface area (TPSA) is 132 Å². The first-order valence-corrected chi connectivity index (χ1v) is 11.6. The number of carboxylic acid groups (broad SMARTS) is 1. The van der Waals surface area contributed by atoms with E-state index in [2.05, 4.69) is 4.98 Å². The van der Waals surface area contributed by atoms with Gasteiger partial charge in [-0.15, -0.1) is 0 Å². The molecular weight excluding hydrogens is 460 g/mol. The molecule has 36 heavy (non-hydrogen) atoms. The Morgan fingerprint density at radius 2 is 1.86 bits per heavy atom. The normalized spacial score (nSPS) is 16.4. The van der Waals surface area contributed by atoms with E-state index in [1.807, 2.05) is 59.5 Å². The molecule has 0 bridgehead atoms. The molecule has 0 spiro atoms. The summed E-state index contributed by atoms with van der Waals surface area (Å²) in [5.74, 6) is -0.918. The molecule has 9 heteroatoms. The SMILES string of the molecule is O=C(O)C1CCCN1Cc1ccc(N=C(c2ccccc2)c2c(O)[nH]c3ccc([N+](=O)[O-])cc23)cc1. The minimum absolute atomic E-state index is 0.0823. The summed E-state index contributed by atoms with van der Waals surface area (Å²) in [4.78, 5) is 32.1. The summed E-state index contributed by atoms with van der Waals surface area (Å²) in [7, 11) is 0. The van der Waals surface area contributed by atoms with Crippen LogP contribution in [0.4, 0.5) is 11.4 Å². The van der Waals surface area contributed by atoms with Gasteiger partial charge in [-0.2, -0.15) is 0 Å². The van der Waals surface area contributed by atoms with Gasteiger partial charge in [-0.3, -0.25) is 19.8 Å².